The summed E-state index contributed by atoms with van der Waals surface area (Å²) < 4.78 is 44.7. The maximum atomic E-state index is 14.3. The van der Waals surface area contributed by atoms with Crippen LogP contribution in [0.4, 0.5) is 0 Å². The normalized spacial score (nSPS) is 22.5. The van der Waals surface area contributed by atoms with Crippen molar-refractivity contribution < 1.29 is 91.6 Å². The Bertz CT molecular complexity index is 2490. The molecule has 8 atom stereocenters. The highest BCUT2D eigenvalue weighted by Gasteiger charge is 2.53. The molecule has 0 saturated carbocycles. The molecule has 1 aliphatic heterocycles. The van der Waals surface area contributed by atoms with Gasteiger partial charge in [0.05, 0.1) is 37.0 Å². The molecule has 0 radical (unpaired) electrons. The van der Waals surface area contributed by atoms with Crippen molar-refractivity contribution in [3.63, 3.8) is 0 Å². The molecule has 3 aliphatic rings. The number of nitrogens with one attached hydrogen (secondary N) is 1. The number of hydrogen-bond acceptors (Lipinski definition) is 19. The number of ketones is 2. The van der Waals surface area contributed by atoms with Crippen LogP contribution in [0.25, 0.3) is 11.1 Å². The summed E-state index contributed by atoms with van der Waals surface area (Å²) in [6.07, 6.45) is -11.2. The van der Waals surface area contributed by atoms with Crippen LogP contribution in [0, 0.1) is 6.92 Å². The van der Waals surface area contributed by atoms with Crippen molar-refractivity contribution in [3.05, 3.63) is 68.8 Å². The summed E-state index contributed by atoms with van der Waals surface area (Å²) in [5, 5.41) is 38.0. The van der Waals surface area contributed by atoms with Gasteiger partial charge in [-0.1, -0.05) is 6.07 Å². The molecule has 20 heteroatoms. The van der Waals surface area contributed by atoms with E-state index in [9.17, 15) is 53.7 Å². The molecule has 4 N–H and O–H groups in total. The van der Waals surface area contributed by atoms with E-state index in [1.54, 1.807) is 0 Å². The van der Waals surface area contributed by atoms with Gasteiger partial charge in [0.15, 0.2) is 41.9 Å². The number of fused-ring (bicyclic) bond motifs is 5. The van der Waals surface area contributed by atoms with Gasteiger partial charge >= 0.3 is 29.8 Å². The predicted octanol–water partition coefficient (Wildman–Crippen LogP) is 2.72. The average Bonchev–Trinajstić information content (AvgIpc) is 3.19. The van der Waals surface area contributed by atoms with Gasteiger partial charge in [-0.05, 0) is 49.6 Å². The molecule has 0 unspecified atom stereocenters. The second-order valence-corrected chi connectivity index (χ2v) is 14.9. The van der Waals surface area contributed by atoms with E-state index in [2.05, 4.69) is 5.32 Å². The predicted molar refractivity (Wildman–Crippen MR) is 210 cm³/mol. The molecule has 3 aromatic carbocycles. The Morgan fingerprint density at radius 2 is 1.33 bits per heavy atom. The molecule has 0 aromatic heterocycles. The van der Waals surface area contributed by atoms with Crippen molar-refractivity contribution in [1.82, 2.24) is 5.32 Å². The lowest BCUT2D eigenvalue weighted by Gasteiger charge is -2.45. The van der Waals surface area contributed by atoms with E-state index >= 15 is 0 Å². The highest BCUT2D eigenvalue weighted by Crippen LogP contribution is 2.57. The number of aliphatic hydroxyl groups excluding tert-OH is 1. The van der Waals surface area contributed by atoms with Crippen molar-refractivity contribution in [2.24, 2.45) is 0 Å². The standard InChI is InChI=1S/C43H43NO19/c1-14-10-25-30(38(60-18(5)46)27(14)41(54)44-15(2)42(55)57-9)29-23(13-24-31(35(29)53)33(51)22-11-21(56-8)12-26(49)28(22)32(24)50)34(52)37(25)63-43-40(62-20(7)48)39(61-19(6)47)36(16(3)58-43)59-17(4)45/h10-13,15-16,34,36-37,39-40,43,49,52-53H,1-9H3,(H,44,54)/t15-,16+,34+,36-,37+,39-,40+,43-/m1/s1. The van der Waals surface area contributed by atoms with E-state index in [1.807, 2.05) is 0 Å². The number of aromatic hydroxyl groups is 2. The monoisotopic (exact) mass is 877 g/mol. The molecule has 3 aromatic rings. The number of ether oxygens (including phenoxy) is 8. The molecule has 6 rings (SSSR count). The molecule has 20 nitrogen and oxygen atoms in total. The number of rotatable bonds is 10. The average molecular weight is 878 g/mol. The minimum Gasteiger partial charge on any atom is -0.507 e. The van der Waals surface area contributed by atoms with E-state index in [1.165, 1.54) is 40.0 Å². The lowest BCUT2D eigenvalue weighted by Crippen LogP contribution is -2.61. The van der Waals surface area contributed by atoms with Crippen molar-refractivity contribution in [2.45, 2.75) is 97.4 Å². The van der Waals surface area contributed by atoms with Gasteiger partial charge in [-0.3, -0.25) is 33.6 Å². The zero-order valence-electron chi connectivity index (χ0n) is 35.3. The quantitative estimate of drug-likeness (QED) is 0.101. The zero-order valence-corrected chi connectivity index (χ0v) is 35.3. The molecule has 2 aliphatic carbocycles. The lowest BCUT2D eigenvalue weighted by molar-refractivity contribution is -0.317. The highest BCUT2D eigenvalue weighted by molar-refractivity contribution is 6.31. The Labute approximate surface area is 358 Å². The second-order valence-electron chi connectivity index (χ2n) is 14.9. The first-order valence-corrected chi connectivity index (χ1v) is 19.3. The van der Waals surface area contributed by atoms with Crippen LogP contribution in [0.1, 0.15) is 113 Å². The first-order chi connectivity index (χ1) is 29.6. The maximum Gasteiger partial charge on any atom is 0.328 e. The van der Waals surface area contributed by atoms with Crippen molar-refractivity contribution in [1.29, 1.82) is 0 Å². The van der Waals surface area contributed by atoms with E-state index < -0.39 is 136 Å². The highest BCUT2D eigenvalue weighted by atomic mass is 16.7. The number of phenols is 2. The largest absolute Gasteiger partial charge is 0.507 e. The number of carbonyl (C=O) groups is 8. The van der Waals surface area contributed by atoms with Gasteiger partial charge in [-0.15, -0.1) is 0 Å². The summed E-state index contributed by atoms with van der Waals surface area (Å²) in [6, 6.07) is 3.42. The first-order valence-electron chi connectivity index (χ1n) is 19.3. The summed E-state index contributed by atoms with van der Waals surface area (Å²) in [5.74, 6) is -9.42. The molecule has 1 fully saturated rings. The van der Waals surface area contributed by atoms with Crippen molar-refractivity contribution >= 4 is 47.3 Å². The molecule has 334 valence electrons. The second kappa shape index (κ2) is 17.5. The number of benzene rings is 3. The fourth-order valence-electron chi connectivity index (χ4n) is 8.03. The molecule has 1 saturated heterocycles. The van der Waals surface area contributed by atoms with E-state index in [4.69, 9.17) is 37.9 Å². The van der Waals surface area contributed by atoms with Gasteiger partial charge in [0, 0.05) is 56.0 Å². The Balaban J connectivity index is 1.64. The maximum absolute atomic E-state index is 14.3. The Morgan fingerprint density at radius 3 is 1.92 bits per heavy atom. The van der Waals surface area contributed by atoms with Crippen LogP contribution < -0.4 is 14.8 Å². The number of phenolic OH excluding ortho intramolecular Hbond substituents is 2. The number of hydrogen-bond donors (Lipinski definition) is 4. The summed E-state index contributed by atoms with van der Waals surface area (Å²) in [4.78, 5) is 105. The molecule has 63 heavy (non-hydrogen) atoms. The molecule has 1 heterocycles. The van der Waals surface area contributed by atoms with Gasteiger partial charge in [-0.2, -0.15) is 0 Å². The van der Waals surface area contributed by atoms with Crippen LogP contribution in [-0.2, 0) is 52.4 Å². The van der Waals surface area contributed by atoms with Crippen LogP contribution >= 0.6 is 0 Å². The summed E-state index contributed by atoms with van der Waals surface area (Å²) in [5.41, 5.74) is -3.34. The number of aryl methyl sites for hydroxylation is 1. The van der Waals surface area contributed by atoms with Crippen LogP contribution in [-0.4, -0.2) is 114 Å². The fourth-order valence-corrected chi connectivity index (χ4v) is 8.03. The Hall–Kier alpha value is -6.90. The number of methoxy groups -OCH3 is 2. The molecule has 0 bridgehead atoms. The summed E-state index contributed by atoms with van der Waals surface area (Å²) >= 11 is 0. The van der Waals surface area contributed by atoms with Gasteiger partial charge < -0.3 is 58.5 Å². The van der Waals surface area contributed by atoms with Crippen LogP contribution in [0.3, 0.4) is 0 Å². The Morgan fingerprint density at radius 1 is 0.746 bits per heavy atom. The number of esters is 5. The number of carbonyl (C=O) groups excluding carboxylic acids is 8. The first kappa shape index (κ1) is 45.6. The number of amides is 1. The lowest BCUT2D eigenvalue weighted by atomic mass is 9.74. The third kappa shape index (κ3) is 8.27. The summed E-state index contributed by atoms with van der Waals surface area (Å²) in [6.45, 7) is 8.34. The van der Waals surface area contributed by atoms with E-state index in [0.29, 0.717) is 0 Å². The molecular formula is C43H43NO19. The topological polar surface area (TPSA) is 283 Å². The van der Waals surface area contributed by atoms with Crippen molar-refractivity contribution in [3.8, 4) is 34.1 Å². The van der Waals surface area contributed by atoms with Gasteiger partial charge in [0.1, 0.15) is 35.5 Å². The van der Waals surface area contributed by atoms with E-state index in [0.717, 1.165) is 46.9 Å². The molecule has 1 amide bonds. The minimum absolute atomic E-state index is 0.0000551. The van der Waals surface area contributed by atoms with Crippen LogP contribution in [0.15, 0.2) is 24.3 Å². The molecule has 0 spiro atoms. The van der Waals surface area contributed by atoms with Crippen LogP contribution in [0.5, 0.6) is 23.0 Å². The van der Waals surface area contributed by atoms with Gasteiger partial charge in [-0.25, -0.2) is 4.79 Å². The smallest absolute Gasteiger partial charge is 0.328 e. The Kier molecular flexibility index (Phi) is 12.6. The SMILES string of the molecule is COC(=O)[C@@H](C)NC(=O)c1c(C)cc2c(c1OC(C)=O)-c1c(cc3c(c1O)C(=O)c1cc(OC)cc(O)c1C3=O)[C@H](O)[C@H]2O[C@H]1O[C@@H](C)[C@@H](OC(C)=O)[C@@H](OC(C)=O)[C@@H]1OC(C)=O. The number of aliphatic hydroxyl groups is 1. The zero-order chi connectivity index (χ0) is 46.5. The minimum atomic E-state index is -1.96. The molecular weight excluding hydrogens is 834 g/mol. The van der Waals surface area contributed by atoms with Gasteiger partial charge in [0.25, 0.3) is 5.91 Å². The fraction of sp³-hybridized carbons (Fsp3) is 0.395. The summed E-state index contributed by atoms with van der Waals surface area (Å²) in [7, 11) is 2.36. The van der Waals surface area contributed by atoms with Crippen molar-refractivity contribution in [2.75, 3.05) is 14.2 Å². The third-order valence-corrected chi connectivity index (χ3v) is 10.6. The van der Waals surface area contributed by atoms with Crippen LogP contribution in [0.2, 0.25) is 0 Å². The van der Waals surface area contributed by atoms with Gasteiger partial charge in [0.2, 0.25) is 0 Å². The third-order valence-electron chi connectivity index (χ3n) is 10.6. The van der Waals surface area contributed by atoms with E-state index in [-0.39, 0.29) is 39.1 Å².